The van der Waals surface area contributed by atoms with Crippen LogP contribution in [0.15, 0.2) is 24.3 Å². The summed E-state index contributed by atoms with van der Waals surface area (Å²) in [5.41, 5.74) is 0.660. The molecule has 0 fully saturated rings. The molecule has 1 aromatic heterocycles. The molecule has 2 heterocycles. The molecule has 0 aliphatic carbocycles. The Labute approximate surface area is 116 Å². The number of carbonyl (C=O) groups excluding carboxylic acids is 1. The smallest absolute Gasteiger partial charge is 0.346 e. The number of aromatic carboxylic acids is 1. The maximum Gasteiger partial charge on any atom is 0.346 e. The highest BCUT2D eigenvalue weighted by Crippen LogP contribution is 2.42. The molecule has 0 atom stereocenters. The molecule has 2 N–H and O–H groups in total. The lowest BCUT2D eigenvalue weighted by Gasteiger charge is -2.04. The van der Waals surface area contributed by atoms with Gasteiger partial charge in [0.15, 0.2) is 0 Å². The van der Waals surface area contributed by atoms with E-state index in [1.54, 1.807) is 12.1 Å². The minimum atomic E-state index is -1.06. The molecule has 19 heavy (non-hydrogen) atoms. The van der Waals surface area contributed by atoms with Crippen molar-refractivity contribution >= 4 is 40.5 Å². The summed E-state index contributed by atoms with van der Waals surface area (Å²) in [5, 5.41) is 12.3. The molecule has 1 aliphatic rings. The Hall–Kier alpha value is -2.05. The van der Waals surface area contributed by atoms with Gasteiger partial charge in [-0.1, -0.05) is 22.9 Å². The van der Waals surface area contributed by atoms with Crippen LogP contribution in [0.3, 0.4) is 0 Å². The maximum absolute atomic E-state index is 12.0. The number of benzene rings is 1. The lowest BCUT2D eigenvalue weighted by Crippen LogP contribution is -2.10. The largest absolute Gasteiger partial charge is 0.477 e. The molecule has 96 valence electrons. The van der Waals surface area contributed by atoms with E-state index in [4.69, 9.17) is 21.4 Å². The maximum atomic E-state index is 12.0. The summed E-state index contributed by atoms with van der Waals surface area (Å²) in [4.78, 5) is 23.0. The predicted molar refractivity (Wildman–Crippen MR) is 70.8 cm³/mol. The molecule has 0 unspecified atom stereocenters. The molecule has 0 bridgehead atoms. The highest BCUT2D eigenvalue weighted by molar-refractivity contribution is 7.16. The van der Waals surface area contributed by atoms with Crippen LogP contribution in [0.2, 0.25) is 5.02 Å². The molecule has 5 nitrogen and oxygen atoms in total. The fourth-order valence-electron chi connectivity index (χ4n) is 1.70. The van der Waals surface area contributed by atoms with E-state index in [-0.39, 0.29) is 10.8 Å². The summed E-state index contributed by atoms with van der Waals surface area (Å²) in [6, 6.07) is 6.05. The van der Waals surface area contributed by atoms with Crippen LogP contribution in [0.4, 0.5) is 5.69 Å². The second kappa shape index (κ2) is 4.25. The van der Waals surface area contributed by atoms with Crippen LogP contribution in [-0.2, 0) is 0 Å². The third kappa shape index (κ3) is 2.05. The Kier molecular flexibility index (Phi) is 2.69. The fraction of sp³-hybridized carbons (Fsp3) is 0. The first kappa shape index (κ1) is 12.0. The first-order valence-corrected chi connectivity index (χ1v) is 6.40. The van der Waals surface area contributed by atoms with E-state index >= 15 is 0 Å². The average Bonchev–Trinajstić information content (AvgIpc) is 2.69. The minimum Gasteiger partial charge on any atom is -0.477 e. The van der Waals surface area contributed by atoms with Crippen molar-refractivity contribution in [2.24, 2.45) is 0 Å². The summed E-state index contributed by atoms with van der Waals surface area (Å²) in [7, 11) is 0. The Balaban J connectivity index is 2.11. The van der Waals surface area contributed by atoms with Gasteiger partial charge in [0.25, 0.3) is 5.91 Å². The van der Waals surface area contributed by atoms with Gasteiger partial charge in [0.1, 0.15) is 10.6 Å². The molecule has 7 heteroatoms. The minimum absolute atomic E-state index is 0.0997. The van der Waals surface area contributed by atoms with E-state index in [1.807, 2.05) is 0 Å². The predicted octanol–water partition coefficient (Wildman–Crippen LogP) is 3.46. The molecule has 1 aromatic carbocycles. The summed E-state index contributed by atoms with van der Waals surface area (Å²) in [6.45, 7) is 0. The van der Waals surface area contributed by atoms with E-state index in [0.717, 1.165) is 11.3 Å². The van der Waals surface area contributed by atoms with Gasteiger partial charge in [-0.2, -0.15) is 0 Å². The Morgan fingerprint density at radius 3 is 2.89 bits per heavy atom. The Morgan fingerprint density at radius 1 is 1.37 bits per heavy atom. The summed E-state index contributed by atoms with van der Waals surface area (Å²) < 4.78 is 5.57. The molecule has 0 spiro atoms. The molecule has 2 aromatic rings. The lowest BCUT2D eigenvalue weighted by molar-refractivity contribution is 0.0701. The number of thiophene rings is 1. The standard InChI is InChI=1S/C12H6ClNO4S/c13-5-1-2-8-6(3-5)10(15)14-7-4-9(11(16)17)19-12(7)18-8/h1-4H,(H,14,15)(H,16,17). The first-order valence-electron chi connectivity index (χ1n) is 5.20. The number of carboxylic acid groups (broad SMARTS) is 1. The van der Waals surface area contributed by atoms with E-state index in [0.29, 0.717) is 27.1 Å². The number of rotatable bonds is 1. The van der Waals surface area contributed by atoms with Gasteiger partial charge in [0, 0.05) is 5.02 Å². The van der Waals surface area contributed by atoms with Crippen molar-refractivity contribution in [3.8, 4) is 10.8 Å². The normalized spacial score (nSPS) is 12.8. The number of hydrogen-bond donors (Lipinski definition) is 2. The average molecular weight is 296 g/mol. The lowest BCUT2D eigenvalue weighted by atomic mass is 10.2. The summed E-state index contributed by atoms with van der Waals surface area (Å²) in [5.74, 6) is -1.10. The van der Waals surface area contributed by atoms with Gasteiger partial charge in [-0.05, 0) is 24.3 Å². The highest BCUT2D eigenvalue weighted by Gasteiger charge is 2.24. The van der Waals surface area contributed by atoms with Gasteiger partial charge in [0.05, 0.1) is 11.3 Å². The monoisotopic (exact) mass is 295 g/mol. The third-order valence-electron chi connectivity index (χ3n) is 2.55. The van der Waals surface area contributed by atoms with E-state index in [1.165, 1.54) is 12.1 Å². The fourth-order valence-corrected chi connectivity index (χ4v) is 2.69. The second-order valence-electron chi connectivity index (χ2n) is 3.81. The third-order valence-corrected chi connectivity index (χ3v) is 3.78. The summed E-state index contributed by atoms with van der Waals surface area (Å²) in [6.07, 6.45) is 0. The van der Waals surface area contributed by atoms with Crippen LogP contribution in [0.5, 0.6) is 10.8 Å². The zero-order valence-electron chi connectivity index (χ0n) is 9.27. The van der Waals surface area contributed by atoms with Crippen LogP contribution in [0.25, 0.3) is 0 Å². The first-order chi connectivity index (χ1) is 9.04. The topological polar surface area (TPSA) is 75.6 Å². The molecular formula is C12H6ClNO4S. The van der Waals surface area contributed by atoms with Gasteiger partial charge >= 0.3 is 5.97 Å². The van der Waals surface area contributed by atoms with Crippen LogP contribution in [0.1, 0.15) is 20.0 Å². The molecule has 1 aliphatic heterocycles. The van der Waals surface area contributed by atoms with Gasteiger partial charge < -0.3 is 15.2 Å². The number of nitrogens with one attached hydrogen (secondary N) is 1. The molecule has 0 saturated heterocycles. The van der Waals surface area contributed by atoms with Crippen molar-refractivity contribution < 1.29 is 19.4 Å². The van der Waals surface area contributed by atoms with Crippen molar-refractivity contribution in [3.63, 3.8) is 0 Å². The van der Waals surface area contributed by atoms with E-state index in [2.05, 4.69) is 5.32 Å². The van der Waals surface area contributed by atoms with Gasteiger partial charge in [0.2, 0.25) is 5.06 Å². The highest BCUT2D eigenvalue weighted by atomic mass is 35.5. The Morgan fingerprint density at radius 2 is 2.16 bits per heavy atom. The molecule has 3 rings (SSSR count). The number of hydrogen-bond acceptors (Lipinski definition) is 4. The molecular weight excluding hydrogens is 290 g/mol. The van der Waals surface area contributed by atoms with Gasteiger partial charge in [-0.25, -0.2) is 4.79 Å². The van der Waals surface area contributed by atoms with Crippen molar-refractivity contribution in [2.45, 2.75) is 0 Å². The zero-order valence-corrected chi connectivity index (χ0v) is 10.8. The van der Waals surface area contributed by atoms with Crippen molar-refractivity contribution in [2.75, 3.05) is 5.32 Å². The Bertz CT molecular complexity index is 710. The van der Waals surface area contributed by atoms with Crippen LogP contribution in [-0.4, -0.2) is 17.0 Å². The van der Waals surface area contributed by atoms with E-state index < -0.39 is 5.97 Å². The number of carboxylic acids is 1. The molecule has 0 radical (unpaired) electrons. The number of halogens is 1. The van der Waals surface area contributed by atoms with Crippen molar-refractivity contribution in [3.05, 3.63) is 39.7 Å². The van der Waals surface area contributed by atoms with Crippen LogP contribution in [0, 0.1) is 0 Å². The SMILES string of the molecule is O=C(O)c1cc2c(s1)Oc1ccc(Cl)cc1C(=O)N2. The zero-order chi connectivity index (χ0) is 13.6. The number of fused-ring (bicyclic) bond motifs is 2. The van der Waals surface area contributed by atoms with Crippen LogP contribution >= 0.6 is 22.9 Å². The molecule has 1 amide bonds. The number of anilines is 1. The van der Waals surface area contributed by atoms with E-state index in [9.17, 15) is 9.59 Å². The van der Waals surface area contributed by atoms with Gasteiger partial charge in [-0.15, -0.1) is 0 Å². The molecule has 0 saturated carbocycles. The number of amides is 1. The summed E-state index contributed by atoms with van der Waals surface area (Å²) >= 11 is 6.79. The quantitative estimate of drug-likeness (QED) is 0.845. The van der Waals surface area contributed by atoms with Crippen molar-refractivity contribution in [1.82, 2.24) is 0 Å². The number of ether oxygens (including phenoxy) is 1. The second-order valence-corrected chi connectivity index (χ2v) is 5.26. The van der Waals surface area contributed by atoms with Crippen LogP contribution < -0.4 is 10.1 Å². The van der Waals surface area contributed by atoms with Gasteiger partial charge in [-0.3, -0.25) is 4.79 Å². The number of carbonyl (C=O) groups is 2. The van der Waals surface area contributed by atoms with Crippen molar-refractivity contribution in [1.29, 1.82) is 0 Å².